The highest BCUT2D eigenvalue weighted by atomic mass is 15.4. The summed E-state index contributed by atoms with van der Waals surface area (Å²) in [4.78, 5) is 0. The molecule has 0 saturated heterocycles. The van der Waals surface area contributed by atoms with E-state index in [1.165, 1.54) is 23.2 Å². The van der Waals surface area contributed by atoms with Crippen LogP contribution in [0, 0.1) is 0 Å². The third-order valence-electron chi connectivity index (χ3n) is 3.70. The van der Waals surface area contributed by atoms with Crippen LogP contribution < -0.4 is 5.32 Å². The average molecular weight is 256 g/mol. The van der Waals surface area contributed by atoms with E-state index in [1.807, 2.05) is 10.9 Å². The Morgan fingerprint density at radius 1 is 1.42 bits per heavy atom. The van der Waals surface area contributed by atoms with Crippen LogP contribution in [0.3, 0.4) is 0 Å². The van der Waals surface area contributed by atoms with Crippen molar-refractivity contribution < 1.29 is 0 Å². The quantitative estimate of drug-likeness (QED) is 0.917. The predicted octanol–water partition coefficient (Wildman–Crippen LogP) is 3.10. The zero-order valence-corrected chi connectivity index (χ0v) is 11.6. The van der Waals surface area contributed by atoms with E-state index in [1.54, 1.807) is 0 Å². The van der Waals surface area contributed by atoms with Crippen LogP contribution in [0.15, 0.2) is 24.4 Å². The summed E-state index contributed by atoms with van der Waals surface area (Å²) < 4.78 is 1.99. The Morgan fingerprint density at radius 3 is 3.16 bits per heavy atom. The molecule has 1 aliphatic heterocycles. The average Bonchev–Trinajstić information content (AvgIpc) is 2.87. The SMILES string of the molecule is CCCn1nncc1-c1ccc2c(c1)CCC(C)N2. The maximum atomic E-state index is 4.16. The van der Waals surface area contributed by atoms with Crippen molar-refractivity contribution in [2.24, 2.45) is 0 Å². The number of hydrogen-bond donors (Lipinski definition) is 1. The summed E-state index contributed by atoms with van der Waals surface area (Å²) in [5.41, 5.74) is 5.01. The fourth-order valence-electron chi connectivity index (χ4n) is 2.67. The first-order valence-electron chi connectivity index (χ1n) is 7.06. The first-order chi connectivity index (χ1) is 9.28. The van der Waals surface area contributed by atoms with Crippen molar-refractivity contribution in [3.05, 3.63) is 30.0 Å². The Labute approximate surface area is 113 Å². The van der Waals surface area contributed by atoms with Crippen molar-refractivity contribution in [1.82, 2.24) is 15.0 Å². The highest BCUT2D eigenvalue weighted by Crippen LogP contribution is 2.29. The lowest BCUT2D eigenvalue weighted by Crippen LogP contribution is -2.21. The smallest absolute Gasteiger partial charge is 0.0885 e. The molecule has 1 N–H and O–H groups in total. The molecule has 1 aromatic carbocycles. The molecule has 0 amide bonds. The van der Waals surface area contributed by atoms with Crippen LogP contribution in [0.25, 0.3) is 11.3 Å². The van der Waals surface area contributed by atoms with Crippen molar-refractivity contribution >= 4 is 5.69 Å². The molecule has 4 heteroatoms. The summed E-state index contributed by atoms with van der Waals surface area (Å²) in [5.74, 6) is 0. The summed E-state index contributed by atoms with van der Waals surface area (Å²) in [6, 6.07) is 7.20. The molecule has 2 aromatic rings. The number of nitrogens with one attached hydrogen (secondary N) is 1. The maximum Gasteiger partial charge on any atom is 0.0885 e. The highest BCUT2D eigenvalue weighted by Gasteiger charge is 2.15. The first-order valence-corrected chi connectivity index (χ1v) is 7.06. The standard InChI is InChI=1S/C15H20N4/c1-3-8-19-15(10-16-18-19)13-6-7-14-12(9-13)5-4-11(2)17-14/h6-7,9-11,17H,3-5,8H2,1-2H3. The number of anilines is 1. The second-order valence-corrected chi connectivity index (χ2v) is 5.30. The minimum absolute atomic E-state index is 0.575. The molecule has 3 rings (SSSR count). The minimum atomic E-state index is 0.575. The van der Waals surface area contributed by atoms with Crippen molar-refractivity contribution in [2.75, 3.05) is 5.32 Å². The van der Waals surface area contributed by atoms with Gasteiger partial charge in [-0.15, -0.1) is 5.10 Å². The van der Waals surface area contributed by atoms with Crippen LogP contribution in [0.5, 0.6) is 0 Å². The van der Waals surface area contributed by atoms with E-state index in [0.29, 0.717) is 6.04 Å². The molecule has 100 valence electrons. The predicted molar refractivity (Wildman–Crippen MR) is 77.2 cm³/mol. The summed E-state index contributed by atoms with van der Waals surface area (Å²) in [7, 11) is 0. The van der Waals surface area contributed by atoms with Crippen molar-refractivity contribution in [2.45, 2.75) is 45.7 Å². The molecule has 1 aliphatic rings. The van der Waals surface area contributed by atoms with Crippen molar-refractivity contribution in [3.63, 3.8) is 0 Å². The molecule has 1 unspecified atom stereocenters. The second-order valence-electron chi connectivity index (χ2n) is 5.30. The maximum absolute atomic E-state index is 4.16. The Hall–Kier alpha value is -1.84. The topological polar surface area (TPSA) is 42.7 Å². The van der Waals surface area contributed by atoms with Crippen LogP contribution in [0.2, 0.25) is 0 Å². The molecule has 0 bridgehead atoms. The van der Waals surface area contributed by atoms with Crippen LogP contribution in [0.4, 0.5) is 5.69 Å². The fourth-order valence-corrected chi connectivity index (χ4v) is 2.67. The van der Waals surface area contributed by atoms with Crippen LogP contribution in [-0.4, -0.2) is 21.0 Å². The van der Waals surface area contributed by atoms with E-state index in [-0.39, 0.29) is 0 Å². The van der Waals surface area contributed by atoms with Gasteiger partial charge in [0, 0.05) is 23.8 Å². The third kappa shape index (κ3) is 2.35. The Bertz CT molecular complexity index is 573. The number of hydrogen-bond acceptors (Lipinski definition) is 3. The molecular formula is C15H20N4. The fraction of sp³-hybridized carbons (Fsp3) is 0.467. The Kier molecular flexibility index (Phi) is 3.23. The monoisotopic (exact) mass is 256 g/mol. The zero-order valence-electron chi connectivity index (χ0n) is 11.6. The van der Waals surface area contributed by atoms with Gasteiger partial charge in [0.25, 0.3) is 0 Å². The molecule has 19 heavy (non-hydrogen) atoms. The number of fused-ring (bicyclic) bond motifs is 1. The zero-order chi connectivity index (χ0) is 13.2. The number of aromatic nitrogens is 3. The van der Waals surface area contributed by atoms with Crippen LogP contribution in [-0.2, 0) is 13.0 Å². The van der Waals surface area contributed by atoms with E-state index >= 15 is 0 Å². The number of benzene rings is 1. The first kappa shape index (κ1) is 12.2. The molecule has 1 aromatic heterocycles. The minimum Gasteiger partial charge on any atom is -0.382 e. The van der Waals surface area contributed by atoms with Gasteiger partial charge in [-0.3, -0.25) is 0 Å². The molecule has 0 radical (unpaired) electrons. The summed E-state index contributed by atoms with van der Waals surface area (Å²) in [5, 5.41) is 11.7. The lowest BCUT2D eigenvalue weighted by atomic mass is 9.96. The number of nitrogens with zero attached hydrogens (tertiary/aromatic N) is 3. The van der Waals surface area contributed by atoms with Gasteiger partial charge < -0.3 is 5.32 Å². The van der Waals surface area contributed by atoms with Gasteiger partial charge in [-0.2, -0.15) is 0 Å². The largest absolute Gasteiger partial charge is 0.382 e. The summed E-state index contributed by atoms with van der Waals surface area (Å²) in [6.07, 6.45) is 5.27. The number of aryl methyl sites for hydroxylation is 2. The lowest BCUT2D eigenvalue weighted by Gasteiger charge is -2.24. The number of rotatable bonds is 3. The normalized spacial score (nSPS) is 17.9. The molecule has 0 aliphatic carbocycles. The molecule has 0 spiro atoms. The van der Waals surface area contributed by atoms with Gasteiger partial charge in [0.2, 0.25) is 0 Å². The van der Waals surface area contributed by atoms with E-state index in [2.05, 4.69) is 47.7 Å². The second kappa shape index (κ2) is 5.03. The van der Waals surface area contributed by atoms with E-state index < -0.39 is 0 Å². The van der Waals surface area contributed by atoms with Crippen LogP contribution >= 0.6 is 0 Å². The van der Waals surface area contributed by atoms with E-state index in [0.717, 1.165) is 25.1 Å². The van der Waals surface area contributed by atoms with E-state index in [4.69, 9.17) is 0 Å². The van der Waals surface area contributed by atoms with Gasteiger partial charge in [-0.1, -0.05) is 18.2 Å². The third-order valence-corrected chi connectivity index (χ3v) is 3.70. The summed E-state index contributed by atoms with van der Waals surface area (Å²) >= 11 is 0. The van der Waals surface area contributed by atoms with Gasteiger partial charge >= 0.3 is 0 Å². The Balaban J connectivity index is 1.95. The lowest BCUT2D eigenvalue weighted by molar-refractivity contribution is 0.584. The van der Waals surface area contributed by atoms with Gasteiger partial charge in [0.05, 0.1) is 11.9 Å². The highest BCUT2D eigenvalue weighted by molar-refractivity contribution is 5.66. The van der Waals surface area contributed by atoms with Crippen molar-refractivity contribution in [1.29, 1.82) is 0 Å². The van der Waals surface area contributed by atoms with Crippen molar-refractivity contribution in [3.8, 4) is 11.3 Å². The molecule has 4 nitrogen and oxygen atoms in total. The molecule has 1 atom stereocenters. The molecule has 0 fully saturated rings. The molecule has 0 saturated carbocycles. The van der Waals surface area contributed by atoms with Gasteiger partial charge in [0.1, 0.15) is 0 Å². The van der Waals surface area contributed by atoms with E-state index in [9.17, 15) is 0 Å². The van der Waals surface area contributed by atoms with Gasteiger partial charge in [-0.05, 0) is 43.9 Å². The molecular weight excluding hydrogens is 236 g/mol. The molecule has 2 heterocycles. The van der Waals surface area contributed by atoms with Gasteiger partial charge in [-0.25, -0.2) is 4.68 Å². The summed E-state index contributed by atoms with van der Waals surface area (Å²) in [6.45, 7) is 5.31. The van der Waals surface area contributed by atoms with Crippen LogP contribution in [0.1, 0.15) is 32.3 Å². The van der Waals surface area contributed by atoms with Gasteiger partial charge in [0.15, 0.2) is 0 Å². The Morgan fingerprint density at radius 2 is 2.32 bits per heavy atom.